The highest BCUT2D eigenvalue weighted by molar-refractivity contribution is 7.10. The maximum atomic E-state index is 12.7. The lowest BCUT2D eigenvalue weighted by Crippen LogP contribution is -2.45. The minimum absolute atomic E-state index is 0.00109. The number of carbonyl (C=O) groups is 1. The van der Waals surface area contributed by atoms with Crippen molar-refractivity contribution >= 4 is 17.4 Å². The summed E-state index contributed by atoms with van der Waals surface area (Å²) < 4.78 is 2.04. The zero-order chi connectivity index (χ0) is 17.9. The molecule has 0 spiro atoms. The molecule has 2 aromatic heterocycles. The van der Waals surface area contributed by atoms with Gasteiger partial charge in [0, 0.05) is 49.4 Å². The number of carbonyl (C=O) groups excluding carboxylic acids is 1. The van der Waals surface area contributed by atoms with Crippen LogP contribution in [0.1, 0.15) is 27.7 Å². The van der Waals surface area contributed by atoms with Crippen molar-refractivity contribution in [2.45, 2.75) is 25.9 Å². The molecule has 3 heterocycles. The van der Waals surface area contributed by atoms with E-state index in [1.165, 1.54) is 16.0 Å². The molecule has 0 saturated heterocycles. The third kappa shape index (κ3) is 3.37. The zero-order valence-corrected chi connectivity index (χ0v) is 15.6. The summed E-state index contributed by atoms with van der Waals surface area (Å²) in [6.45, 7) is 4.67. The summed E-state index contributed by atoms with van der Waals surface area (Å²) in [7, 11) is 0. The van der Waals surface area contributed by atoms with Crippen LogP contribution in [0.15, 0.2) is 54.2 Å². The van der Waals surface area contributed by atoms with Crippen LogP contribution < -0.4 is 5.32 Å². The fourth-order valence-electron chi connectivity index (χ4n) is 3.53. The first-order valence-corrected chi connectivity index (χ1v) is 9.72. The molecule has 2 amide bonds. The number of thiophene rings is 1. The van der Waals surface area contributed by atoms with Gasteiger partial charge in [-0.25, -0.2) is 9.78 Å². The van der Waals surface area contributed by atoms with E-state index in [1.54, 1.807) is 17.5 Å². The number of imidazole rings is 1. The molecule has 0 saturated carbocycles. The fraction of sp³-hybridized carbons (Fsp3) is 0.300. The number of aromatic nitrogens is 2. The summed E-state index contributed by atoms with van der Waals surface area (Å²) in [6, 6.07) is 12.7. The van der Waals surface area contributed by atoms with E-state index in [-0.39, 0.29) is 11.9 Å². The molecule has 1 N–H and O–H groups in total. The van der Waals surface area contributed by atoms with Gasteiger partial charge in [0.25, 0.3) is 0 Å². The second-order valence-corrected chi connectivity index (χ2v) is 7.53. The van der Waals surface area contributed by atoms with Crippen LogP contribution in [0.3, 0.4) is 0 Å². The molecule has 0 radical (unpaired) electrons. The third-order valence-electron chi connectivity index (χ3n) is 4.92. The predicted molar refractivity (Wildman–Crippen MR) is 103 cm³/mol. The van der Waals surface area contributed by atoms with E-state index in [0.717, 1.165) is 12.4 Å². The molecule has 0 bridgehead atoms. The van der Waals surface area contributed by atoms with Gasteiger partial charge in [0.05, 0.1) is 0 Å². The minimum atomic E-state index is -0.00109. The molecule has 3 aromatic rings. The van der Waals surface area contributed by atoms with Crippen LogP contribution in [0, 0.1) is 6.92 Å². The number of hydrogen-bond acceptors (Lipinski definition) is 3. The Hall–Kier alpha value is -2.60. The number of urea groups is 1. The Kier molecular flexibility index (Phi) is 4.75. The van der Waals surface area contributed by atoms with Crippen molar-refractivity contribution in [3.8, 4) is 0 Å². The maximum absolute atomic E-state index is 12.7. The lowest BCUT2D eigenvalue weighted by molar-refractivity contribution is 0.189. The Balaban J connectivity index is 1.45. The van der Waals surface area contributed by atoms with Gasteiger partial charge in [-0.1, -0.05) is 30.3 Å². The van der Waals surface area contributed by atoms with Gasteiger partial charge in [0.1, 0.15) is 5.82 Å². The van der Waals surface area contributed by atoms with E-state index in [9.17, 15) is 4.79 Å². The SMILES string of the molecule is Cc1nccn1CCNC(=O)N1Cc2ccccc2C(c2cccs2)C1. The molecule has 1 atom stereocenters. The Labute approximate surface area is 157 Å². The van der Waals surface area contributed by atoms with Crippen LogP contribution >= 0.6 is 11.3 Å². The molecule has 1 aliphatic rings. The van der Waals surface area contributed by atoms with E-state index >= 15 is 0 Å². The molecule has 1 aromatic carbocycles. The lowest BCUT2D eigenvalue weighted by Gasteiger charge is -2.34. The van der Waals surface area contributed by atoms with Crippen LogP contribution in [-0.2, 0) is 13.1 Å². The van der Waals surface area contributed by atoms with Crippen molar-refractivity contribution in [1.82, 2.24) is 19.8 Å². The van der Waals surface area contributed by atoms with Gasteiger partial charge in [0.15, 0.2) is 0 Å². The van der Waals surface area contributed by atoms with Crippen LogP contribution in [0.5, 0.6) is 0 Å². The molecule has 134 valence electrons. The number of amides is 2. The second-order valence-electron chi connectivity index (χ2n) is 6.55. The number of fused-ring (bicyclic) bond motifs is 1. The number of hydrogen-bond donors (Lipinski definition) is 1. The minimum Gasteiger partial charge on any atom is -0.336 e. The van der Waals surface area contributed by atoms with Gasteiger partial charge in [-0.05, 0) is 29.5 Å². The van der Waals surface area contributed by atoms with Crippen molar-refractivity contribution in [3.63, 3.8) is 0 Å². The zero-order valence-electron chi connectivity index (χ0n) is 14.8. The van der Waals surface area contributed by atoms with Gasteiger partial charge in [0.2, 0.25) is 0 Å². The van der Waals surface area contributed by atoms with Gasteiger partial charge < -0.3 is 14.8 Å². The summed E-state index contributed by atoms with van der Waals surface area (Å²) in [5, 5.41) is 5.16. The summed E-state index contributed by atoms with van der Waals surface area (Å²) >= 11 is 1.76. The van der Waals surface area contributed by atoms with Gasteiger partial charge in [-0.3, -0.25) is 0 Å². The summed E-state index contributed by atoms with van der Waals surface area (Å²) in [5.41, 5.74) is 2.57. The lowest BCUT2D eigenvalue weighted by atomic mass is 9.89. The molecule has 1 aliphatic heterocycles. The average Bonchev–Trinajstić information content (AvgIpc) is 3.33. The van der Waals surface area contributed by atoms with Gasteiger partial charge in [-0.2, -0.15) is 0 Å². The monoisotopic (exact) mass is 366 g/mol. The normalized spacial score (nSPS) is 16.3. The first kappa shape index (κ1) is 16.8. The smallest absolute Gasteiger partial charge is 0.317 e. The van der Waals surface area contributed by atoms with E-state index in [2.05, 4.69) is 46.0 Å². The van der Waals surface area contributed by atoms with Crippen LogP contribution in [-0.4, -0.2) is 33.6 Å². The number of nitrogens with zero attached hydrogens (tertiary/aromatic N) is 3. The molecule has 0 fully saturated rings. The summed E-state index contributed by atoms with van der Waals surface area (Å²) in [6.07, 6.45) is 3.72. The standard InChI is InChI=1S/C20H22N4OS/c1-15-21-8-10-23(15)11-9-22-20(25)24-13-16-5-2-3-6-17(16)18(14-24)19-7-4-12-26-19/h2-8,10,12,18H,9,11,13-14H2,1H3,(H,22,25). The molecule has 26 heavy (non-hydrogen) atoms. The van der Waals surface area contributed by atoms with Gasteiger partial charge >= 0.3 is 6.03 Å². The topological polar surface area (TPSA) is 50.2 Å². The molecule has 4 rings (SSSR count). The molecule has 1 unspecified atom stereocenters. The van der Waals surface area contributed by atoms with Crippen molar-refractivity contribution in [2.24, 2.45) is 0 Å². The highest BCUT2D eigenvalue weighted by Crippen LogP contribution is 2.35. The van der Waals surface area contributed by atoms with Crippen LogP contribution in [0.2, 0.25) is 0 Å². The average molecular weight is 366 g/mol. The maximum Gasteiger partial charge on any atom is 0.317 e. The van der Waals surface area contributed by atoms with Gasteiger partial charge in [-0.15, -0.1) is 11.3 Å². The Morgan fingerprint density at radius 2 is 2.19 bits per heavy atom. The van der Waals surface area contributed by atoms with Crippen LogP contribution in [0.4, 0.5) is 4.79 Å². The van der Waals surface area contributed by atoms with E-state index in [1.807, 2.05) is 28.7 Å². The number of aryl methyl sites for hydroxylation is 1. The predicted octanol–water partition coefficient (Wildman–Crippen LogP) is 3.61. The first-order valence-electron chi connectivity index (χ1n) is 8.84. The van der Waals surface area contributed by atoms with Crippen molar-refractivity contribution in [1.29, 1.82) is 0 Å². The molecule has 5 nitrogen and oxygen atoms in total. The number of rotatable bonds is 4. The number of nitrogens with one attached hydrogen (secondary N) is 1. The first-order chi connectivity index (χ1) is 12.7. The summed E-state index contributed by atoms with van der Waals surface area (Å²) in [4.78, 5) is 20.2. The Morgan fingerprint density at radius 3 is 2.96 bits per heavy atom. The molecular weight excluding hydrogens is 344 g/mol. The quantitative estimate of drug-likeness (QED) is 0.767. The number of benzene rings is 1. The molecular formula is C20H22N4OS. The Bertz CT molecular complexity index is 887. The third-order valence-corrected chi connectivity index (χ3v) is 5.91. The van der Waals surface area contributed by atoms with Crippen molar-refractivity contribution < 1.29 is 4.79 Å². The second kappa shape index (κ2) is 7.33. The van der Waals surface area contributed by atoms with E-state index < -0.39 is 0 Å². The molecule has 0 aliphatic carbocycles. The molecule has 6 heteroatoms. The largest absolute Gasteiger partial charge is 0.336 e. The van der Waals surface area contributed by atoms with E-state index in [4.69, 9.17) is 0 Å². The highest BCUT2D eigenvalue weighted by Gasteiger charge is 2.29. The highest BCUT2D eigenvalue weighted by atomic mass is 32.1. The van der Waals surface area contributed by atoms with Crippen LogP contribution in [0.25, 0.3) is 0 Å². The van der Waals surface area contributed by atoms with Crippen molar-refractivity contribution in [2.75, 3.05) is 13.1 Å². The van der Waals surface area contributed by atoms with E-state index in [0.29, 0.717) is 19.6 Å². The summed E-state index contributed by atoms with van der Waals surface area (Å²) in [5.74, 6) is 1.21. The fourth-order valence-corrected chi connectivity index (χ4v) is 4.37. The van der Waals surface area contributed by atoms with Crippen molar-refractivity contribution in [3.05, 3.63) is 76.0 Å². The Morgan fingerprint density at radius 1 is 1.31 bits per heavy atom.